The topological polar surface area (TPSA) is 217 Å². The molecule has 0 saturated carbocycles. The van der Waals surface area contributed by atoms with Crippen molar-refractivity contribution in [2.24, 2.45) is 11.8 Å². The van der Waals surface area contributed by atoms with E-state index >= 15 is 0 Å². The highest BCUT2D eigenvalue weighted by molar-refractivity contribution is 7.89. The number of benzene rings is 4. The van der Waals surface area contributed by atoms with E-state index in [1.165, 1.54) is 9.87 Å². The maximum Gasteiger partial charge on any atom is 0.407 e. The highest BCUT2D eigenvalue weighted by Gasteiger charge is 2.35. The summed E-state index contributed by atoms with van der Waals surface area (Å²) in [6, 6.07) is 34.7. The quantitative estimate of drug-likeness (QED) is 0.0321. The molecule has 5 rings (SSSR count). The Morgan fingerprint density at radius 3 is 1.34 bits per heavy atom. The molecule has 0 aliphatic carbocycles. The lowest BCUT2D eigenvalue weighted by Crippen LogP contribution is -2.51. The molecule has 1 aliphatic heterocycles. The van der Waals surface area contributed by atoms with Crippen LogP contribution in [0.25, 0.3) is 0 Å². The molecule has 17 heteroatoms. The number of ether oxygens (including phenoxy) is 4. The number of nitrogens with one attached hydrogen (secondary N) is 4. The number of amides is 3. The van der Waals surface area contributed by atoms with E-state index in [1.807, 2.05) is 153 Å². The molecule has 77 heavy (non-hydrogen) atoms. The van der Waals surface area contributed by atoms with Crippen LogP contribution in [-0.4, -0.2) is 127 Å². The fourth-order valence-electron chi connectivity index (χ4n) is 7.65. The van der Waals surface area contributed by atoms with Gasteiger partial charge >= 0.3 is 18.3 Å². The lowest BCUT2D eigenvalue weighted by atomic mass is 10.0. The van der Waals surface area contributed by atoms with Gasteiger partial charge in [-0.15, -0.1) is 0 Å². The molecule has 0 spiro atoms. The zero-order valence-electron chi connectivity index (χ0n) is 48.2. The van der Waals surface area contributed by atoms with Crippen LogP contribution in [0.15, 0.2) is 120 Å². The van der Waals surface area contributed by atoms with E-state index in [0.717, 1.165) is 29.7 Å². The molecule has 6 N–H and O–H groups in total. The molecule has 0 unspecified atom stereocenters. The van der Waals surface area contributed by atoms with E-state index in [2.05, 4.69) is 35.1 Å². The van der Waals surface area contributed by atoms with Crippen LogP contribution in [-0.2, 0) is 48.2 Å². The molecular formula is C60H91N5O11S. The molecule has 1 heterocycles. The van der Waals surface area contributed by atoms with Gasteiger partial charge in [-0.3, -0.25) is 0 Å². The molecule has 1 aliphatic rings. The first-order valence-corrected chi connectivity index (χ1v) is 28.2. The molecule has 3 amide bonds. The monoisotopic (exact) mass is 1090 g/mol. The van der Waals surface area contributed by atoms with E-state index in [1.54, 1.807) is 45.0 Å². The zero-order chi connectivity index (χ0) is 57.6. The highest BCUT2D eigenvalue weighted by atomic mass is 32.2. The van der Waals surface area contributed by atoms with E-state index in [9.17, 15) is 33.0 Å². The van der Waals surface area contributed by atoms with Gasteiger partial charge in [-0.25, -0.2) is 22.8 Å². The van der Waals surface area contributed by atoms with Gasteiger partial charge in [0.15, 0.2) is 0 Å². The lowest BCUT2D eigenvalue weighted by molar-refractivity contribution is 0.0397. The molecular weight excluding hydrogens is 999 g/mol. The summed E-state index contributed by atoms with van der Waals surface area (Å²) in [6.45, 7) is 28.3. The van der Waals surface area contributed by atoms with Gasteiger partial charge in [0.05, 0.1) is 41.8 Å². The average Bonchev–Trinajstić information content (AvgIpc) is 4.17. The van der Waals surface area contributed by atoms with Gasteiger partial charge in [0, 0.05) is 19.6 Å². The number of aliphatic hydroxyl groups excluding tert-OH is 2. The molecule has 0 aromatic heterocycles. The Morgan fingerprint density at radius 2 is 0.961 bits per heavy atom. The molecule has 4 aromatic carbocycles. The standard InChI is InChI=1S/C26H38N2O5S.C19H32N2O3.C15H21NO3/c1-19(2)17-28(34(31,32)22-14-12-20(3)13-15-22)18-24(29)23(16-21-10-8-7-9-11-21)27-25(30)33-26(4,5)6;1-14(2)12-20-13-17(22)16(11-15-9-7-6-8-10-15)21-18(23)24-19(3,4)5;1-15(2,3)19-14(17)16-12(13-10-18-13)9-11-7-5-4-6-8-11/h7-15,19,23-24,29H,16-18H2,1-6H3,(H,27,30);6-10,14,16-17,20,22H,11-13H2,1-5H3,(H,21,23);4-8,12-13H,9-10H2,1-3H3,(H,16,17)/t23-,24+;16-,17+;12-,13+/m000/s1. The van der Waals surface area contributed by atoms with Crippen LogP contribution in [0.1, 0.15) is 112 Å². The van der Waals surface area contributed by atoms with Crippen LogP contribution in [0.3, 0.4) is 0 Å². The third-order valence-electron chi connectivity index (χ3n) is 11.3. The first-order chi connectivity index (χ1) is 35.9. The van der Waals surface area contributed by atoms with Crippen molar-refractivity contribution in [2.75, 3.05) is 32.8 Å². The Hall–Kier alpha value is -5.56. The normalized spacial score (nSPS) is 15.5. The first-order valence-electron chi connectivity index (χ1n) is 26.7. The van der Waals surface area contributed by atoms with Gasteiger partial charge < -0.3 is 50.4 Å². The predicted octanol–water partition coefficient (Wildman–Crippen LogP) is 9.39. The van der Waals surface area contributed by atoms with Crippen LogP contribution in [0.4, 0.5) is 14.4 Å². The Bertz CT molecular complexity index is 2440. The average molecular weight is 1090 g/mol. The second-order valence-corrected chi connectivity index (χ2v) is 25.4. The van der Waals surface area contributed by atoms with Gasteiger partial charge in [-0.1, -0.05) is 136 Å². The Morgan fingerprint density at radius 1 is 0.571 bits per heavy atom. The Kier molecular flexibility index (Phi) is 26.6. The number of aryl methyl sites for hydroxylation is 1. The number of hydrogen-bond acceptors (Lipinski definition) is 12. The maximum absolute atomic E-state index is 13.4. The Labute approximate surface area is 460 Å². The van der Waals surface area contributed by atoms with Crippen molar-refractivity contribution in [1.82, 2.24) is 25.6 Å². The zero-order valence-corrected chi connectivity index (χ0v) is 49.0. The summed E-state index contributed by atoms with van der Waals surface area (Å²) < 4.78 is 49.4. The van der Waals surface area contributed by atoms with Gasteiger partial charge in [0.1, 0.15) is 22.9 Å². The van der Waals surface area contributed by atoms with Crippen LogP contribution in [0.5, 0.6) is 0 Å². The van der Waals surface area contributed by atoms with Crippen molar-refractivity contribution in [3.05, 3.63) is 138 Å². The minimum absolute atomic E-state index is 0.0303. The van der Waals surface area contributed by atoms with E-state index in [0.29, 0.717) is 31.9 Å². The molecule has 4 aromatic rings. The summed E-state index contributed by atoms with van der Waals surface area (Å²) in [5, 5.41) is 33.4. The molecule has 6 atom stereocenters. The van der Waals surface area contributed by atoms with Crippen LogP contribution in [0.2, 0.25) is 0 Å². The van der Waals surface area contributed by atoms with Crippen molar-refractivity contribution in [2.45, 2.75) is 174 Å². The maximum atomic E-state index is 13.4. The molecule has 0 radical (unpaired) electrons. The van der Waals surface area contributed by atoms with E-state index in [-0.39, 0.29) is 42.1 Å². The van der Waals surface area contributed by atoms with Gasteiger partial charge in [-0.05, 0) is 136 Å². The minimum Gasteiger partial charge on any atom is -0.444 e. The number of sulfonamides is 1. The second-order valence-electron chi connectivity index (χ2n) is 23.4. The molecule has 16 nitrogen and oxygen atoms in total. The van der Waals surface area contributed by atoms with Crippen LogP contribution >= 0.6 is 0 Å². The largest absolute Gasteiger partial charge is 0.444 e. The molecule has 428 valence electrons. The van der Waals surface area contributed by atoms with Gasteiger partial charge in [0.2, 0.25) is 10.0 Å². The summed E-state index contributed by atoms with van der Waals surface area (Å²) in [4.78, 5) is 36.6. The summed E-state index contributed by atoms with van der Waals surface area (Å²) in [7, 11) is -3.84. The van der Waals surface area contributed by atoms with E-state index < -0.39 is 63.3 Å². The number of nitrogens with zero attached hydrogens (tertiary/aromatic N) is 1. The van der Waals surface area contributed by atoms with Crippen molar-refractivity contribution >= 4 is 28.3 Å². The Balaban J connectivity index is 0.000000318. The van der Waals surface area contributed by atoms with E-state index in [4.69, 9.17) is 18.9 Å². The number of aliphatic hydroxyl groups is 2. The SMILES string of the molecule is CC(C)(C)OC(=O)N[C@@H](Cc1ccccc1)[C@H]1CO1.CC(C)CNC[C@@H](O)[C@H](Cc1ccccc1)NC(=O)OC(C)(C)C.Cc1ccc(S(=O)(=O)N(CC(C)C)C[C@@H](O)[C@H](Cc2ccccc2)NC(=O)OC(C)(C)C)cc1. The third kappa shape index (κ3) is 28.1. The van der Waals surface area contributed by atoms with Crippen molar-refractivity contribution in [3.63, 3.8) is 0 Å². The summed E-state index contributed by atoms with van der Waals surface area (Å²) in [6.07, 6.45) is -1.69. The number of alkyl carbamates (subject to hydrolysis) is 3. The van der Waals surface area contributed by atoms with Crippen molar-refractivity contribution in [1.29, 1.82) is 0 Å². The number of epoxide rings is 1. The molecule has 1 fully saturated rings. The van der Waals surface area contributed by atoms with Crippen molar-refractivity contribution in [3.8, 4) is 0 Å². The fraction of sp³-hybridized carbons (Fsp3) is 0.550. The van der Waals surface area contributed by atoms with Crippen LogP contribution in [0, 0.1) is 18.8 Å². The summed E-state index contributed by atoms with van der Waals surface area (Å²) in [5.41, 5.74) is 2.34. The third-order valence-corrected chi connectivity index (χ3v) is 13.1. The number of carbonyl (C=O) groups excluding carboxylic acids is 3. The molecule has 0 bridgehead atoms. The minimum atomic E-state index is -3.84. The summed E-state index contributed by atoms with van der Waals surface area (Å²) >= 11 is 0. The number of carbonyl (C=O) groups is 3. The summed E-state index contributed by atoms with van der Waals surface area (Å²) in [5.74, 6) is 0.544. The lowest BCUT2D eigenvalue weighted by Gasteiger charge is -2.31. The fourth-order valence-corrected chi connectivity index (χ4v) is 9.27. The number of rotatable bonds is 22. The predicted molar refractivity (Wildman–Crippen MR) is 304 cm³/mol. The van der Waals surface area contributed by atoms with Crippen molar-refractivity contribution < 1.29 is 52.0 Å². The highest BCUT2D eigenvalue weighted by Crippen LogP contribution is 2.22. The second kappa shape index (κ2) is 31.1. The van der Waals surface area contributed by atoms with Gasteiger partial charge in [-0.2, -0.15) is 4.31 Å². The smallest absolute Gasteiger partial charge is 0.407 e. The first kappa shape index (κ1) is 65.7. The molecule has 1 saturated heterocycles. The van der Waals surface area contributed by atoms with Crippen LogP contribution < -0.4 is 21.3 Å². The number of hydrogen-bond donors (Lipinski definition) is 6. The van der Waals surface area contributed by atoms with Gasteiger partial charge in [0.25, 0.3) is 0 Å².